The highest BCUT2D eigenvalue weighted by Gasteiger charge is 2.34. The van der Waals surface area contributed by atoms with Gasteiger partial charge in [-0.05, 0) is 50.3 Å². The summed E-state index contributed by atoms with van der Waals surface area (Å²) in [5.74, 6) is 0.961. The molecule has 1 atom stereocenters. The first-order valence-corrected chi connectivity index (χ1v) is 7.41. The maximum atomic E-state index is 12.7. The second-order valence-electron chi connectivity index (χ2n) is 5.80. The van der Waals surface area contributed by atoms with Crippen molar-refractivity contribution in [2.24, 2.45) is 0 Å². The van der Waals surface area contributed by atoms with Gasteiger partial charge in [-0.15, -0.1) is 0 Å². The number of piperidine rings is 1. The van der Waals surface area contributed by atoms with Crippen LogP contribution in [0.15, 0.2) is 18.2 Å². The van der Waals surface area contributed by atoms with Crippen molar-refractivity contribution in [3.8, 4) is 5.75 Å². The fraction of sp³-hybridized carbons (Fsp3) is 0.562. The Morgan fingerprint density at radius 1 is 1.30 bits per heavy atom. The number of amides is 1. The third-order valence-corrected chi connectivity index (χ3v) is 4.08. The van der Waals surface area contributed by atoms with Crippen LogP contribution in [0.25, 0.3) is 0 Å². The molecule has 3 rings (SSSR count). The summed E-state index contributed by atoms with van der Waals surface area (Å²) in [6.07, 6.45) is 4.39. The van der Waals surface area contributed by atoms with Crippen LogP contribution in [0.2, 0.25) is 0 Å². The summed E-state index contributed by atoms with van der Waals surface area (Å²) in [4.78, 5) is 14.6. The van der Waals surface area contributed by atoms with Crippen LogP contribution in [0.4, 0.5) is 5.69 Å². The molecule has 1 aromatic carbocycles. The lowest BCUT2D eigenvalue weighted by Gasteiger charge is -2.33. The number of methoxy groups -OCH3 is 1. The number of anilines is 1. The molecule has 0 radical (unpaired) electrons. The molecule has 108 valence electrons. The van der Waals surface area contributed by atoms with E-state index in [1.165, 1.54) is 12.8 Å². The van der Waals surface area contributed by atoms with Gasteiger partial charge in [-0.2, -0.15) is 0 Å². The quantitative estimate of drug-likeness (QED) is 0.915. The topological polar surface area (TPSA) is 41.6 Å². The van der Waals surface area contributed by atoms with Crippen LogP contribution in [-0.2, 0) is 4.79 Å². The minimum Gasteiger partial charge on any atom is -0.495 e. The van der Waals surface area contributed by atoms with Crippen LogP contribution < -0.4 is 15.0 Å². The standard InChI is InChI=1S/C16H22N2O2/c1-11-5-8-15(20-2)14(10-11)18-9-3-4-13(16(18)19)17-12-6-7-12/h5,8,10,12-13,17H,3-4,6-7,9H2,1-2H3. The van der Waals surface area contributed by atoms with Gasteiger partial charge in [0, 0.05) is 12.6 Å². The van der Waals surface area contributed by atoms with E-state index < -0.39 is 0 Å². The second-order valence-corrected chi connectivity index (χ2v) is 5.80. The monoisotopic (exact) mass is 274 g/mol. The van der Waals surface area contributed by atoms with Gasteiger partial charge >= 0.3 is 0 Å². The third-order valence-electron chi connectivity index (χ3n) is 4.08. The number of hydrogen-bond donors (Lipinski definition) is 1. The van der Waals surface area contributed by atoms with E-state index >= 15 is 0 Å². The van der Waals surface area contributed by atoms with Gasteiger partial charge < -0.3 is 15.0 Å². The summed E-state index contributed by atoms with van der Waals surface area (Å²) >= 11 is 0. The summed E-state index contributed by atoms with van der Waals surface area (Å²) < 4.78 is 5.42. The van der Waals surface area contributed by atoms with Crippen LogP contribution in [0.1, 0.15) is 31.2 Å². The van der Waals surface area contributed by atoms with Gasteiger partial charge in [0.1, 0.15) is 5.75 Å². The zero-order valence-corrected chi connectivity index (χ0v) is 12.2. The molecule has 0 spiro atoms. The summed E-state index contributed by atoms with van der Waals surface area (Å²) in [6, 6.07) is 6.52. The molecule has 2 aliphatic rings. The van der Waals surface area contributed by atoms with Crippen molar-refractivity contribution in [3.05, 3.63) is 23.8 Å². The maximum Gasteiger partial charge on any atom is 0.244 e. The molecule has 1 saturated carbocycles. The summed E-state index contributed by atoms with van der Waals surface area (Å²) in [6.45, 7) is 2.82. The van der Waals surface area contributed by atoms with Crippen molar-refractivity contribution in [3.63, 3.8) is 0 Å². The predicted molar refractivity (Wildman–Crippen MR) is 79.3 cm³/mol. The number of ether oxygens (including phenoxy) is 1. The van der Waals surface area contributed by atoms with Gasteiger partial charge in [0.15, 0.2) is 0 Å². The van der Waals surface area contributed by atoms with Gasteiger partial charge in [0.2, 0.25) is 5.91 Å². The Bertz CT molecular complexity index is 511. The number of nitrogens with one attached hydrogen (secondary N) is 1. The lowest BCUT2D eigenvalue weighted by Crippen LogP contribution is -2.51. The molecule has 1 amide bonds. The average molecular weight is 274 g/mol. The number of carbonyl (C=O) groups excluding carboxylic acids is 1. The molecule has 1 unspecified atom stereocenters. The molecule has 1 heterocycles. The van der Waals surface area contributed by atoms with Crippen molar-refractivity contribution >= 4 is 11.6 Å². The number of nitrogens with zero attached hydrogens (tertiary/aromatic N) is 1. The molecule has 1 aliphatic carbocycles. The van der Waals surface area contributed by atoms with E-state index in [1.807, 2.05) is 30.0 Å². The van der Waals surface area contributed by atoms with E-state index in [9.17, 15) is 4.79 Å². The summed E-state index contributed by atoms with van der Waals surface area (Å²) in [5, 5.41) is 3.46. The van der Waals surface area contributed by atoms with Crippen LogP contribution >= 0.6 is 0 Å². The Morgan fingerprint density at radius 2 is 2.10 bits per heavy atom. The molecule has 1 aliphatic heterocycles. The van der Waals surface area contributed by atoms with E-state index in [4.69, 9.17) is 4.74 Å². The van der Waals surface area contributed by atoms with E-state index in [1.54, 1.807) is 7.11 Å². The summed E-state index contributed by atoms with van der Waals surface area (Å²) in [7, 11) is 1.66. The van der Waals surface area contributed by atoms with E-state index in [0.29, 0.717) is 6.04 Å². The number of hydrogen-bond acceptors (Lipinski definition) is 3. The summed E-state index contributed by atoms with van der Waals surface area (Å²) in [5.41, 5.74) is 2.05. The van der Waals surface area contributed by atoms with E-state index in [0.717, 1.165) is 36.4 Å². The van der Waals surface area contributed by atoms with E-state index in [2.05, 4.69) is 5.32 Å². The zero-order chi connectivity index (χ0) is 14.1. The molecule has 1 aromatic rings. The highest BCUT2D eigenvalue weighted by atomic mass is 16.5. The number of aryl methyl sites for hydroxylation is 1. The van der Waals surface area contributed by atoms with Gasteiger partial charge in [-0.3, -0.25) is 4.79 Å². The molecule has 0 aromatic heterocycles. The van der Waals surface area contributed by atoms with Crippen molar-refractivity contribution in [1.29, 1.82) is 0 Å². The Hall–Kier alpha value is -1.55. The largest absolute Gasteiger partial charge is 0.495 e. The van der Waals surface area contributed by atoms with Gasteiger partial charge in [-0.25, -0.2) is 0 Å². The molecular formula is C16H22N2O2. The highest BCUT2D eigenvalue weighted by molar-refractivity contribution is 5.99. The SMILES string of the molecule is COc1ccc(C)cc1N1CCCC(NC2CC2)C1=O. The van der Waals surface area contributed by atoms with Gasteiger partial charge in [-0.1, -0.05) is 6.07 Å². The highest BCUT2D eigenvalue weighted by Crippen LogP contribution is 2.32. The lowest BCUT2D eigenvalue weighted by molar-refractivity contribution is -0.121. The van der Waals surface area contributed by atoms with Crippen LogP contribution in [0.5, 0.6) is 5.75 Å². The fourth-order valence-corrected chi connectivity index (χ4v) is 2.81. The Balaban J connectivity index is 1.84. The normalized spacial score (nSPS) is 23.0. The maximum absolute atomic E-state index is 12.7. The third kappa shape index (κ3) is 2.66. The number of carbonyl (C=O) groups is 1. The fourth-order valence-electron chi connectivity index (χ4n) is 2.81. The van der Waals surface area contributed by atoms with Crippen molar-refractivity contribution in [2.45, 2.75) is 44.7 Å². The minimum absolute atomic E-state index is 0.0264. The smallest absolute Gasteiger partial charge is 0.244 e. The number of rotatable bonds is 4. The first-order chi connectivity index (χ1) is 9.69. The first-order valence-electron chi connectivity index (χ1n) is 7.41. The van der Waals surface area contributed by atoms with Crippen LogP contribution in [0.3, 0.4) is 0 Å². The molecular weight excluding hydrogens is 252 g/mol. The second kappa shape index (κ2) is 5.44. The molecule has 1 saturated heterocycles. The van der Waals surface area contributed by atoms with Crippen molar-refractivity contribution in [1.82, 2.24) is 5.32 Å². The van der Waals surface area contributed by atoms with Crippen LogP contribution in [-0.4, -0.2) is 31.6 Å². The lowest BCUT2D eigenvalue weighted by atomic mass is 10.0. The minimum atomic E-state index is -0.0264. The Kier molecular flexibility index (Phi) is 3.66. The molecule has 20 heavy (non-hydrogen) atoms. The molecule has 4 nitrogen and oxygen atoms in total. The van der Waals surface area contributed by atoms with Crippen molar-refractivity contribution in [2.75, 3.05) is 18.6 Å². The molecule has 4 heteroatoms. The predicted octanol–water partition coefficient (Wildman–Crippen LogP) is 2.25. The first kappa shape index (κ1) is 13.4. The molecule has 2 fully saturated rings. The Morgan fingerprint density at radius 3 is 2.80 bits per heavy atom. The van der Waals surface area contributed by atoms with Gasteiger partial charge in [0.25, 0.3) is 0 Å². The van der Waals surface area contributed by atoms with Crippen LogP contribution in [0, 0.1) is 6.92 Å². The van der Waals surface area contributed by atoms with E-state index in [-0.39, 0.29) is 11.9 Å². The van der Waals surface area contributed by atoms with Crippen molar-refractivity contribution < 1.29 is 9.53 Å². The van der Waals surface area contributed by atoms with Gasteiger partial charge in [0.05, 0.1) is 18.8 Å². The zero-order valence-electron chi connectivity index (χ0n) is 12.2. The Labute approximate surface area is 120 Å². The number of benzene rings is 1. The molecule has 1 N–H and O–H groups in total. The average Bonchev–Trinajstić information content (AvgIpc) is 3.25. The molecule has 0 bridgehead atoms.